The first-order chi connectivity index (χ1) is 7.36. The van der Waals surface area contributed by atoms with E-state index in [-0.39, 0.29) is 12.4 Å². The summed E-state index contributed by atoms with van der Waals surface area (Å²) in [5.74, 6) is 0. The summed E-state index contributed by atoms with van der Waals surface area (Å²) in [4.78, 5) is 3.09. The molecular weight excluding hydrogens is 220 g/mol. The number of imidazole rings is 1. The molecule has 0 bridgehead atoms. The van der Waals surface area contributed by atoms with Crippen LogP contribution in [-0.4, -0.2) is 4.98 Å². The number of para-hydroxylation sites is 1. The fraction of sp³-hybridized carbons (Fsp3) is 0.308. The highest BCUT2D eigenvalue weighted by Gasteiger charge is 2.12. The highest BCUT2D eigenvalue weighted by Crippen LogP contribution is 2.15. The summed E-state index contributed by atoms with van der Waals surface area (Å²) >= 11 is 0. The molecule has 1 N–H and O–H groups in total. The largest absolute Gasteiger partial charge is 1.00 e. The van der Waals surface area contributed by atoms with Crippen molar-refractivity contribution in [2.24, 2.45) is 0 Å². The van der Waals surface area contributed by atoms with E-state index < -0.39 is 0 Å². The Morgan fingerprint density at radius 2 is 1.75 bits per heavy atom. The van der Waals surface area contributed by atoms with Gasteiger partial charge in [0.1, 0.15) is 18.1 Å². The molecular formula is C13H17ClN2. The SMILES string of the molecule is CCc1cccc(CC)c1-[n+]1cc[nH]c1.[Cl-]. The van der Waals surface area contributed by atoms with Crippen molar-refractivity contribution < 1.29 is 17.0 Å². The van der Waals surface area contributed by atoms with Gasteiger partial charge >= 0.3 is 0 Å². The molecule has 0 spiro atoms. The van der Waals surface area contributed by atoms with E-state index in [0.29, 0.717) is 0 Å². The third kappa shape index (κ3) is 2.27. The number of rotatable bonds is 3. The monoisotopic (exact) mass is 236 g/mol. The molecule has 1 heterocycles. The van der Waals surface area contributed by atoms with Crippen LogP contribution in [-0.2, 0) is 12.8 Å². The fourth-order valence-corrected chi connectivity index (χ4v) is 1.98. The van der Waals surface area contributed by atoms with Crippen LogP contribution >= 0.6 is 0 Å². The summed E-state index contributed by atoms with van der Waals surface area (Å²) < 4.78 is 2.16. The van der Waals surface area contributed by atoms with Crippen molar-refractivity contribution in [1.29, 1.82) is 0 Å². The van der Waals surface area contributed by atoms with Crippen molar-refractivity contribution in [2.75, 3.05) is 0 Å². The Bertz CT molecular complexity index is 413. The molecule has 0 atom stereocenters. The van der Waals surface area contributed by atoms with Crippen molar-refractivity contribution >= 4 is 0 Å². The van der Waals surface area contributed by atoms with Crippen LogP contribution in [0.25, 0.3) is 5.69 Å². The van der Waals surface area contributed by atoms with Gasteiger partial charge in [-0.2, -0.15) is 0 Å². The lowest BCUT2D eigenvalue weighted by atomic mass is 10.0. The number of hydrogen-bond donors (Lipinski definition) is 1. The van der Waals surface area contributed by atoms with Gasteiger partial charge in [-0.05, 0) is 24.0 Å². The lowest BCUT2D eigenvalue weighted by molar-refractivity contribution is -0.595. The number of halogens is 1. The first-order valence-corrected chi connectivity index (χ1v) is 5.52. The van der Waals surface area contributed by atoms with Crippen molar-refractivity contribution in [3.05, 3.63) is 48.0 Å². The Morgan fingerprint density at radius 1 is 1.12 bits per heavy atom. The van der Waals surface area contributed by atoms with Crippen LogP contribution in [0, 0.1) is 0 Å². The summed E-state index contributed by atoms with van der Waals surface area (Å²) in [6.07, 6.45) is 8.15. The minimum absolute atomic E-state index is 0. The zero-order valence-electron chi connectivity index (χ0n) is 9.70. The molecule has 2 rings (SSSR count). The lowest BCUT2D eigenvalue weighted by Crippen LogP contribution is -3.00. The van der Waals surface area contributed by atoms with Crippen LogP contribution in [0.2, 0.25) is 0 Å². The van der Waals surface area contributed by atoms with Crippen LogP contribution < -0.4 is 17.0 Å². The van der Waals surface area contributed by atoms with Crippen LogP contribution in [0.1, 0.15) is 25.0 Å². The predicted molar refractivity (Wildman–Crippen MR) is 61.1 cm³/mol. The number of aryl methyl sites for hydroxylation is 2. The van der Waals surface area contributed by atoms with Gasteiger partial charge in [0.15, 0.2) is 0 Å². The molecule has 86 valence electrons. The molecule has 1 aromatic heterocycles. The van der Waals surface area contributed by atoms with Crippen molar-refractivity contribution in [1.82, 2.24) is 4.98 Å². The highest BCUT2D eigenvalue weighted by molar-refractivity contribution is 5.41. The molecule has 2 aromatic rings. The smallest absolute Gasteiger partial charge is 0.246 e. The maximum atomic E-state index is 3.09. The zero-order chi connectivity index (χ0) is 10.7. The van der Waals surface area contributed by atoms with Gasteiger partial charge in [0, 0.05) is 0 Å². The third-order valence-electron chi connectivity index (χ3n) is 2.77. The zero-order valence-corrected chi connectivity index (χ0v) is 10.5. The van der Waals surface area contributed by atoms with Crippen LogP contribution in [0.4, 0.5) is 0 Å². The summed E-state index contributed by atoms with van der Waals surface area (Å²) in [5.41, 5.74) is 4.14. The topological polar surface area (TPSA) is 19.7 Å². The molecule has 3 heteroatoms. The molecule has 2 nitrogen and oxygen atoms in total. The second-order valence-electron chi connectivity index (χ2n) is 3.65. The van der Waals surface area contributed by atoms with Crippen LogP contribution in [0.3, 0.4) is 0 Å². The minimum Gasteiger partial charge on any atom is -1.00 e. The van der Waals surface area contributed by atoms with Crippen molar-refractivity contribution in [3.63, 3.8) is 0 Å². The Kier molecular flexibility index (Phi) is 4.56. The molecule has 0 saturated carbocycles. The molecule has 0 radical (unpaired) electrons. The number of nitrogens with one attached hydrogen (secondary N) is 1. The van der Waals surface area contributed by atoms with E-state index >= 15 is 0 Å². The molecule has 0 aliphatic carbocycles. The molecule has 0 aliphatic heterocycles. The third-order valence-corrected chi connectivity index (χ3v) is 2.77. The normalized spacial score (nSPS) is 9.88. The van der Waals surface area contributed by atoms with Gasteiger partial charge in [-0.25, -0.2) is 9.55 Å². The number of H-pyrrole nitrogens is 1. The minimum atomic E-state index is 0. The summed E-state index contributed by atoms with van der Waals surface area (Å²) in [7, 11) is 0. The van der Waals surface area contributed by atoms with Gasteiger partial charge in [-0.1, -0.05) is 32.0 Å². The van der Waals surface area contributed by atoms with Gasteiger partial charge in [-0.3, -0.25) is 0 Å². The fourth-order valence-electron chi connectivity index (χ4n) is 1.98. The van der Waals surface area contributed by atoms with Crippen molar-refractivity contribution in [2.45, 2.75) is 26.7 Å². The van der Waals surface area contributed by atoms with E-state index in [9.17, 15) is 0 Å². The summed E-state index contributed by atoms with van der Waals surface area (Å²) in [6.45, 7) is 4.40. The van der Waals surface area contributed by atoms with Gasteiger partial charge in [0.2, 0.25) is 6.33 Å². The van der Waals surface area contributed by atoms with Crippen LogP contribution in [0.5, 0.6) is 0 Å². The lowest BCUT2D eigenvalue weighted by Gasteiger charge is -2.08. The Morgan fingerprint density at radius 3 is 2.19 bits per heavy atom. The Labute approximate surface area is 103 Å². The number of nitrogens with zero attached hydrogens (tertiary/aromatic N) is 1. The second kappa shape index (κ2) is 5.71. The number of benzene rings is 1. The molecule has 0 aliphatic rings. The predicted octanol–water partition coefficient (Wildman–Crippen LogP) is -0.580. The van der Waals surface area contributed by atoms with Gasteiger partial charge < -0.3 is 12.4 Å². The number of hydrogen-bond acceptors (Lipinski definition) is 0. The molecule has 0 saturated heterocycles. The molecule has 1 aromatic carbocycles. The van der Waals surface area contributed by atoms with E-state index in [4.69, 9.17) is 0 Å². The van der Waals surface area contributed by atoms with Crippen LogP contribution in [0.15, 0.2) is 36.9 Å². The molecule has 0 fully saturated rings. The van der Waals surface area contributed by atoms with E-state index in [0.717, 1.165) is 12.8 Å². The highest BCUT2D eigenvalue weighted by atomic mass is 35.5. The standard InChI is InChI=1S/C13H16N2.ClH/c1-3-11-6-5-7-12(4-2)13(11)15-9-8-14-10-15;/h5-10H,3-4H2,1-2H3;1H. The van der Waals surface area contributed by atoms with E-state index in [1.54, 1.807) is 0 Å². The van der Waals surface area contributed by atoms with Gasteiger partial charge in [0.25, 0.3) is 0 Å². The average Bonchev–Trinajstić information content (AvgIpc) is 2.81. The quantitative estimate of drug-likeness (QED) is 0.689. The summed E-state index contributed by atoms with van der Waals surface area (Å²) in [6, 6.07) is 6.55. The molecule has 16 heavy (non-hydrogen) atoms. The van der Waals surface area contributed by atoms with Gasteiger partial charge in [0.05, 0.1) is 0 Å². The Balaban J connectivity index is 0.00000128. The Hall–Kier alpha value is -1.28. The first kappa shape index (κ1) is 12.8. The maximum absolute atomic E-state index is 3.09. The molecule has 0 unspecified atom stereocenters. The summed E-state index contributed by atoms with van der Waals surface area (Å²) in [5, 5.41) is 0. The van der Waals surface area contributed by atoms with E-state index in [1.165, 1.54) is 16.8 Å². The number of aromatic nitrogens is 2. The maximum Gasteiger partial charge on any atom is 0.246 e. The van der Waals surface area contributed by atoms with E-state index in [2.05, 4.69) is 47.8 Å². The second-order valence-corrected chi connectivity index (χ2v) is 3.65. The van der Waals surface area contributed by atoms with Crippen molar-refractivity contribution in [3.8, 4) is 5.69 Å². The average molecular weight is 237 g/mol. The number of aromatic amines is 1. The molecule has 0 amide bonds. The van der Waals surface area contributed by atoms with E-state index in [1.807, 2.05) is 12.5 Å². The first-order valence-electron chi connectivity index (χ1n) is 5.52. The van der Waals surface area contributed by atoms with Gasteiger partial charge in [-0.15, -0.1) is 0 Å².